The van der Waals surface area contributed by atoms with E-state index in [1.165, 1.54) is 16.8 Å². The van der Waals surface area contributed by atoms with Gasteiger partial charge in [0, 0.05) is 34.9 Å². The van der Waals surface area contributed by atoms with Gasteiger partial charge in [-0.05, 0) is 56.5 Å². The summed E-state index contributed by atoms with van der Waals surface area (Å²) >= 11 is 0. The summed E-state index contributed by atoms with van der Waals surface area (Å²) in [6, 6.07) is 11.8. The first-order valence-electron chi connectivity index (χ1n) is 9.04. The van der Waals surface area contributed by atoms with Crippen molar-refractivity contribution in [3.63, 3.8) is 0 Å². The van der Waals surface area contributed by atoms with Crippen LogP contribution in [-0.2, 0) is 6.42 Å². The van der Waals surface area contributed by atoms with Gasteiger partial charge in [-0.15, -0.1) is 0 Å². The Morgan fingerprint density at radius 2 is 1.93 bits per heavy atom. The van der Waals surface area contributed by atoms with Gasteiger partial charge in [-0.25, -0.2) is 5.43 Å². The summed E-state index contributed by atoms with van der Waals surface area (Å²) in [6.45, 7) is 8.47. The summed E-state index contributed by atoms with van der Waals surface area (Å²) in [5, 5.41) is 4.13. The van der Waals surface area contributed by atoms with E-state index in [0.29, 0.717) is 5.56 Å². The first-order chi connectivity index (χ1) is 13.0. The molecule has 0 unspecified atom stereocenters. The highest BCUT2D eigenvalue weighted by atomic mass is 16.2. The molecule has 0 aliphatic heterocycles. The van der Waals surface area contributed by atoms with Crippen molar-refractivity contribution in [2.24, 2.45) is 5.10 Å². The van der Waals surface area contributed by atoms with Crippen LogP contribution in [0.3, 0.4) is 0 Å². The zero-order chi connectivity index (χ0) is 19.4. The van der Waals surface area contributed by atoms with E-state index < -0.39 is 0 Å². The van der Waals surface area contributed by atoms with Crippen LogP contribution in [0.25, 0.3) is 5.69 Å². The number of amides is 1. The Morgan fingerprint density at radius 3 is 2.63 bits per heavy atom. The zero-order valence-corrected chi connectivity index (χ0v) is 16.2. The third-order valence-electron chi connectivity index (χ3n) is 4.71. The Kier molecular flexibility index (Phi) is 5.50. The fourth-order valence-corrected chi connectivity index (χ4v) is 3.32. The lowest BCUT2D eigenvalue weighted by Crippen LogP contribution is -2.17. The molecule has 3 aromatic rings. The lowest BCUT2D eigenvalue weighted by molar-refractivity contribution is 0.0955. The second-order valence-corrected chi connectivity index (χ2v) is 6.53. The molecule has 5 nitrogen and oxygen atoms in total. The molecule has 0 atom stereocenters. The molecule has 0 spiro atoms. The number of carbonyl (C=O) groups excluding carboxylic acids is 1. The average Bonchev–Trinajstić information content (AvgIpc) is 2.95. The van der Waals surface area contributed by atoms with Gasteiger partial charge >= 0.3 is 0 Å². The molecule has 27 heavy (non-hydrogen) atoms. The lowest BCUT2D eigenvalue weighted by Gasteiger charge is -2.17. The monoisotopic (exact) mass is 360 g/mol. The number of para-hydroxylation sites is 1. The summed E-state index contributed by atoms with van der Waals surface area (Å²) in [6.07, 6.45) is 5.83. The van der Waals surface area contributed by atoms with Crippen LogP contribution in [0.5, 0.6) is 0 Å². The van der Waals surface area contributed by atoms with Gasteiger partial charge in [-0.2, -0.15) is 5.10 Å². The van der Waals surface area contributed by atoms with Crippen LogP contribution < -0.4 is 5.43 Å². The molecule has 2 heterocycles. The first-order valence-corrected chi connectivity index (χ1v) is 9.04. The van der Waals surface area contributed by atoms with Crippen LogP contribution in [0.1, 0.15) is 45.4 Å². The van der Waals surface area contributed by atoms with Crippen LogP contribution in [0.15, 0.2) is 53.9 Å². The maximum Gasteiger partial charge on any atom is 0.271 e. The molecule has 0 saturated carbocycles. The minimum Gasteiger partial charge on any atom is -0.317 e. The van der Waals surface area contributed by atoms with Crippen molar-refractivity contribution >= 4 is 12.1 Å². The largest absolute Gasteiger partial charge is 0.317 e. The van der Waals surface area contributed by atoms with Gasteiger partial charge in [0.05, 0.1) is 11.9 Å². The normalized spacial score (nSPS) is 11.1. The number of aryl methyl sites for hydroxylation is 3. The highest BCUT2D eigenvalue weighted by molar-refractivity contribution is 5.94. The number of hydrogen-bond donors (Lipinski definition) is 1. The molecule has 1 amide bonds. The Morgan fingerprint density at radius 1 is 1.19 bits per heavy atom. The molecule has 2 aromatic heterocycles. The van der Waals surface area contributed by atoms with Crippen molar-refractivity contribution in [3.8, 4) is 5.69 Å². The third-order valence-corrected chi connectivity index (χ3v) is 4.71. The molecule has 0 bridgehead atoms. The molecule has 0 radical (unpaired) electrons. The van der Waals surface area contributed by atoms with E-state index in [0.717, 1.165) is 23.4 Å². The summed E-state index contributed by atoms with van der Waals surface area (Å²) in [7, 11) is 0. The zero-order valence-electron chi connectivity index (χ0n) is 16.2. The molecule has 0 aliphatic carbocycles. The quantitative estimate of drug-likeness (QED) is 0.549. The fraction of sp³-hybridized carbons (Fsp3) is 0.227. The topological polar surface area (TPSA) is 59.3 Å². The Labute approximate surface area is 159 Å². The van der Waals surface area contributed by atoms with Crippen LogP contribution in [0.2, 0.25) is 0 Å². The number of rotatable bonds is 5. The summed E-state index contributed by atoms with van der Waals surface area (Å²) < 4.78 is 2.26. The molecule has 5 heteroatoms. The van der Waals surface area contributed by atoms with Gasteiger partial charge in [-0.1, -0.05) is 25.1 Å². The number of nitrogens with zero attached hydrogens (tertiary/aromatic N) is 3. The number of aromatic nitrogens is 2. The number of benzene rings is 1. The minimum absolute atomic E-state index is 0.255. The fourth-order valence-electron chi connectivity index (χ4n) is 3.32. The van der Waals surface area contributed by atoms with E-state index in [1.54, 1.807) is 30.7 Å². The number of hydrogen-bond acceptors (Lipinski definition) is 3. The van der Waals surface area contributed by atoms with Gasteiger partial charge in [-0.3, -0.25) is 9.78 Å². The minimum atomic E-state index is -0.255. The lowest BCUT2D eigenvalue weighted by atomic mass is 10.1. The standard InChI is InChI=1S/C22H24N4O/c1-5-18-8-6-7-15(2)21(18)26-16(3)13-20(17(26)4)14-24-25-22(27)19-9-11-23-12-10-19/h6-14H,5H2,1-4H3,(H,25,27)/b24-14-. The van der Waals surface area contributed by atoms with Gasteiger partial charge in [0.2, 0.25) is 0 Å². The predicted octanol–water partition coefficient (Wildman–Crippen LogP) is 4.12. The number of hydrazone groups is 1. The molecule has 0 aliphatic rings. The molecule has 0 fully saturated rings. The molecule has 138 valence electrons. The summed E-state index contributed by atoms with van der Waals surface area (Å²) in [5.41, 5.74) is 10.1. The molecule has 1 aromatic carbocycles. The maximum atomic E-state index is 12.1. The van der Waals surface area contributed by atoms with Crippen molar-refractivity contribution in [2.75, 3.05) is 0 Å². The Bertz CT molecular complexity index is 987. The Balaban J connectivity index is 1.88. The van der Waals surface area contributed by atoms with Gasteiger partial charge in [0.25, 0.3) is 5.91 Å². The first kappa shape index (κ1) is 18.6. The molecule has 3 rings (SSSR count). The van der Waals surface area contributed by atoms with E-state index in [-0.39, 0.29) is 5.91 Å². The smallest absolute Gasteiger partial charge is 0.271 e. The van der Waals surface area contributed by atoms with Crippen LogP contribution in [0.4, 0.5) is 0 Å². The molecular formula is C22H24N4O. The summed E-state index contributed by atoms with van der Waals surface area (Å²) in [4.78, 5) is 16.0. The van der Waals surface area contributed by atoms with E-state index in [9.17, 15) is 4.79 Å². The van der Waals surface area contributed by atoms with Crippen LogP contribution >= 0.6 is 0 Å². The molecule has 1 N–H and O–H groups in total. The predicted molar refractivity (Wildman–Crippen MR) is 109 cm³/mol. The van der Waals surface area contributed by atoms with Crippen LogP contribution in [-0.4, -0.2) is 21.7 Å². The number of pyridine rings is 1. The average molecular weight is 360 g/mol. The number of nitrogens with one attached hydrogen (secondary N) is 1. The van der Waals surface area contributed by atoms with Gasteiger partial charge in [0.1, 0.15) is 0 Å². The number of carbonyl (C=O) groups is 1. The van der Waals surface area contributed by atoms with Gasteiger partial charge in [0.15, 0.2) is 0 Å². The Hall–Kier alpha value is -3.21. The van der Waals surface area contributed by atoms with Crippen LogP contribution in [0, 0.1) is 20.8 Å². The van der Waals surface area contributed by atoms with E-state index in [1.807, 2.05) is 0 Å². The van der Waals surface area contributed by atoms with Crippen molar-refractivity contribution < 1.29 is 4.79 Å². The summed E-state index contributed by atoms with van der Waals surface area (Å²) in [5.74, 6) is -0.255. The van der Waals surface area contributed by atoms with Crippen molar-refractivity contribution in [1.29, 1.82) is 0 Å². The second kappa shape index (κ2) is 7.99. The van der Waals surface area contributed by atoms with Crippen molar-refractivity contribution in [1.82, 2.24) is 15.0 Å². The van der Waals surface area contributed by atoms with Crippen molar-refractivity contribution in [2.45, 2.75) is 34.1 Å². The SMILES string of the molecule is CCc1cccc(C)c1-n1c(C)cc(/C=N\NC(=O)c2ccncc2)c1C. The van der Waals surface area contributed by atoms with Gasteiger partial charge < -0.3 is 4.57 Å². The highest BCUT2D eigenvalue weighted by Crippen LogP contribution is 2.26. The third kappa shape index (κ3) is 3.82. The second-order valence-electron chi connectivity index (χ2n) is 6.53. The van der Waals surface area contributed by atoms with E-state index >= 15 is 0 Å². The molecular weight excluding hydrogens is 336 g/mol. The highest BCUT2D eigenvalue weighted by Gasteiger charge is 2.14. The van der Waals surface area contributed by atoms with Crippen molar-refractivity contribution in [3.05, 3.63) is 82.4 Å². The van der Waals surface area contributed by atoms with E-state index in [2.05, 4.69) is 72.0 Å². The maximum absolute atomic E-state index is 12.1. The van der Waals surface area contributed by atoms with E-state index in [4.69, 9.17) is 0 Å². The molecule has 0 saturated heterocycles.